The molecule has 346 valence electrons. The van der Waals surface area contributed by atoms with E-state index in [0.717, 1.165) is 0 Å². The minimum absolute atomic E-state index is 0.300. The van der Waals surface area contributed by atoms with E-state index in [1.54, 1.807) is 0 Å². The molecule has 0 nitrogen and oxygen atoms in total. The van der Waals surface area contributed by atoms with Crippen LogP contribution in [0.1, 0.15) is 49.9 Å². The molecule has 0 aromatic heterocycles. The summed E-state index contributed by atoms with van der Waals surface area (Å²) in [5, 5.41) is 20.6. The monoisotopic (exact) mass is 938 g/mol. The summed E-state index contributed by atoms with van der Waals surface area (Å²) in [7, 11) is 0. The normalized spacial score (nSPS) is 14.2. The van der Waals surface area contributed by atoms with E-state index >= 15 is 0 Å². The SMILES string of the molecule is CC1(C)c2cc(-c3c4ccccc4cc4ccccc34)c3ccccc3c2-c2c1cc(-c1cc3c(c4ccccc14)-c1c(cc(-c4c5ccccc5cc5ccccc45)c4ccccc14)C3(C)C)c1ccccc21. The first-order valence-corrected chi connectivity index (χ1v) is 26.3. The van der Waals surface area contributed by atoms with Crippen LogP contribution in [0.2, 0.25) is 0 Å². The lowest BCUT2D eigenvalue weighted by atomic mass is 9.77. The van der Waals surface area contributed by atoms with E-state index < -0.39 is 0 Å². The van der Waals surface area contributed by atoms with Crippen LogP contribution in [0.5, 0.6) is 0 Å². The van der Waals surface area contributed by atoms with Gasteiger partial charge in [-0.3, -0.25) is 0 Å². The van der Waals surface area contributed by atoms with Crippen LogP contribution in [0.4, 0.5) is 0 Å². The third-order valence-electron chi connectivity index (χ3n) is 17.7. The van der Waals surface area contributed by atoms with Gasteiger partial charge in [0.2, 0.25) is 0 Å². The molecule has 0 atom stereocenters. The quantitative estimate of drug-likeness (QED) is 0.155. The van der Waals surface area contributed by atoms with Crippen LogP contribution in [0.3, 0.4) is 0 Å². The summed E-state index contributed by atoms with van der Waals surface area (Å²) in [4.78, 5) is 0. The average molecular weight is 939 g/mol. The molecule has 0 bridgehead atoms. The van der Waals surface area contributed by atoms with Crippen LogP contribution in [0, 0.1) is 0 Å². The third-order valence-corrected chi connectivity index (χ3v) is 17.7. The second-order valence-corrected chi connectivity index (χ2v) is 22.2. The fourth-order valence-corrected chi connectivity index (χ4v) is 14.3. The number of hydrogen-bond acceptors (Lipinski definition) is 0. The highest BCUT2D eigenvalue weighted by Crippen LogP contribution is 2.60. The lowest BCUT2D eigenvalue weighted by Gasteiger charge is -2.26. The number of hydrogen-bond donors (Lipinski definition) is 0. The second kappa shape index (κ2) is 14.9. The standard InChI is InChI=1S/C74H50/c1-73(2)63-39-59(51-29-13-17-33-55(51)69(63)71-57-35-19-15-31-53(57)61(41-65(71)73)67-47-25-9-5-21-43(47)37-44-22-6-10-26-48(44)67)60-40-64-70(56-34-18-14-30-52(56)60)72-58-36-20-16-32-54(58)62(42-66(72)74(64,3)4)68-49-27-11-7-23-45(49)38-46-24-8-12-28-50(46)68/h5-42H,1-4H3. The molecular formula is C74H50. The zero-order valence-electron chi connectivity index (χ0n) is 41.9. The lowest BCUT2D eigenvalue weighted by Crippen LogP contribution is -2.16. The van der Waals surface area contributed by atoms with Gasteiger partial charge in [-0.05, 0) is 200 Å². The molecule has 0 heteroatoms. The van der Waals surface area contributed by atoms with Gasteiger partial charge in [0.15, 0.2) is 0 Å². The molecule has 0 saturated carbocycles. The molecular weight excluding hydrogens is 889 g/mol. The lowest BCUT2D eigenvalue weighted by molar-refractivity contribution is 0.661. The smallest absolute Gasteiger partial charge is 0.0159 e. The van der Waals surface area contributed by atoms with E-state index in [9.17, 15) is 0 Å². The summed E-state index contributed by atoms with van der Waals surface area (Å²) in [6.45, 7) is 9.88. The van der Waals surface area contributed by atoms with Crippen molar-refractivity contribution in [1.29, 1.82) is 0 Å². The van der Waals surface area contributed by atoms with Crippen molar-refractivity contribution in [2.75, 3.05) is 0 Å². The van der Waals surface area contributed by atoms with Crippen LogP contribution < -0.4 is 0 Å². The highest BCUT2D eigenvalue weighted by atomic mass is 14.4. The summed E-state index contributed by atoms with van der Waals surface area (Å²) in [6, 6.07) is 87.7. The van der Waals surface area contributed by atoms with E-state index in [4.69, 9.17) is 0 Å². The molecule has 0 heterocycles. The predicted octanol–water partition coefficient (Wildman–Crippen LogP) is 20.5. The van der Waals surface area contributed by atoms with Crippen molar-refractivity contribution in [3.05, 3.63) is 253 Å². The maximum Gasteiger partial charge on any atom is 0.0159 e. The Labute approximate surface area is 430 Å². The van der Waals surface area contributed by atoms with E-state index in [-0.39, 0.29) is 10.8 Å². The highest BCUT2D eigenvalue weighted by Gasteiger charge is 2.42. The highest BCUT2D eigenvalue weighted by molar-refractivity contribution is 6.25. The fourth-order valence-electron chi connectivity index (χ4n) is 14.3. The van der Waals surface area contributed by atoms with Crippen molar-refractivity contribution in [2.45, 2.75) is 38.5 Å². The van der Waals surface area contributed by atoms with Crippen molar-refractivity contribution in [2.24, 2.45) is 0 Å². The van der Waals surface area contributed by atoms with Crippen molar-refractivity contribution in [1.82, 2.24) is 0 Å². The van der Waals surface area contributed by atoms with E-state index in [0.29, 0.717) is 0 Å². The maximum atomic E-state index is 2.60. The molecule has 14 aromatic rings. The summed E-state index contributed by atoms with van der Waals surface area (Å²) >= 11 is 0. The first kappa shape index (κ1) is 41.7. The Balaban J connectivity index is 0.953. The molecule has 0 N–H and O–H groups in total. The summed E-state index contributed by atoms with van der Waals surface area (Å²) in [5.41, 5.74) is 18.2. The molecule has 0 spiro atoms. The van der Waals surface area contributed by atoms with Gasteiger partial charge in [0.05, 0.1) is 0 Å². The molecule has 0 radical (unpaired) electrons. The average Bonchev–Trinajstić information content (AvgIpc) is 3.85. The van der Waals surface area contributed by atoms with Gasteiger partial charge in [-0.1, -0.05) is 222 Å². The Morgan fingerprint density at radius 3 is 0.662 bits per heavy atom. The predicted molar refractivity (Wildman–Crippen MR) is 318 cm³/mol. The van der Waals surface area contributed by atoms with Crippen LogP contribution in [-0.2, 0) is 10.8 Å². The first-order chi connectivity index (χ1) is 36.3. The van der Waals surface area contributed by atoms with Gasteiger partial charge < -0.3 is 0 Å². The summed E-state index contributed by atoms with van der Waals surface area (Å²) in [5.74, 6) is 0. The summed E-state index contributed by atoms with van der Waals surface area (Å²) in [6.07, 6.45) is 0. The van der Waals surface area contributed by atoms with Gasteiger partial charge in [-0.15, -0.1) is 0 Å². The largest absolute Gasteiger partial charge is 0.0616 e. The first-order valence-electron chi connectivity index (χ1n) is 26.3. The van der Waals surface area contributed by atoms with Crippen molar-refractivity contribution in [3.63, 3.8) is 0 Å². The van der Waals surface area contributed by atoms with Crippen molar-refractivity contribution >= 4 is 86.2 Å². The van der Waals surface area contributed by atoms with Crippen LogP contribution in [0.25, 0.3) is 142 Å². The zero-order chi connectivity index (χ0) is 49.2. The number of rotatable bonds is 3. The van der Waals surface area contributed by atoms with E-state index in [1.165, 1.54) is 164 Å². The Morgan fingerprint density at radius 1 is 0.189 bits per heavy atom. The van der Waals surface area contributed by atoms with Crippen LogP contribution in [0.15, 0.2) is 231 Å². The van der Waals surface area contributed by atoms with Gasteiger partial charge in [0, 0.05) is 10.8 Å². The topological polar surface area (TPSA) is 0 Å². The molecule has 74 heavy (non-hydrogen) atoms. The molecule has 2 aliphatic rings. The Morgan fingerprint density at radius 2 is 0.392 bits per heavy atom. The van der Waals surface area contributed by atoms with Crippen molar-refractivity contribution in [3.8, 4) is 55.6 Å². The second-order valence-electron chi connectivity index (χ2n) is 22.2. The molecule has 0 amide bonds. The Bertz CT molecular complexity index is 4410. The van der Waals surface area contributed by atoms with Gasteiger partial charge in [-0.2, -0.15) is 0 Å². The van der Waals surface area contributed by atoms with E-state index in [2.05, 4.69) is 258 Å². The van der Waals surface area contributed by atoms with Gasteiger partial charge >= 0.3 is 0 Å². The van der Waals surface area contributed by atoms with Gasteiger partial charge in [0.1, 0.15) is 0 Å². The fraction of sp³-hybridized carbons (Fsp3) is 0.0811. The number of benzene rings is 14. The Kier molecular flexibility index (Phi) is 8.39. The third kappa shape index (κ3) is 5.47. The molecule has 14 aromatic carbocycles. The molecule has 0 unspecified atom stereocenters. The number of fused-ring (bicyclic) bond motifs is 18. The maximum absolute atomic E-state index is 2.60. The van der Waals surface area contributed by atoms with Crippen LogP contribution in [-0.4, -0.2) is 0 Å². The van der Waals surface area contributed by atoms with Crippen LogP contribution >= 0.6 is 0 Å². The molecule has 16 rings (SSSR count). The minimum Gasteiger partial charge on any atom is -0.0616 e. The molecule has 0 fully saturated rings. The molecule has 0 saturated heterocycles. The minimum atomic E-state index is -0.300. The summed E-state index contributed by atoms with van der Waals surface area (Å²) < 4.78 is 0. The zero-order valence-corrected chi connectivity index (χ0v) is 41.9. The molecule has 0 aliphatic heterocycles. The van der Waals surface area contributed by atoms with Gasteiger partial charge in [-0.25, -0.2) is 0 Å². The molecule has 2 aliphatic carbocycles. The van der Waals surface area contributed by atoms with Crippen molar-refractivity contribution < 1.29 is 0 Å². The van der Waals surface area contributed by atoms with E-state index in [1.807, 2.05) is 0 Å². The van der Waals surface area contributed by atoms with Gasteiger partial charge in [0.25, 0.3) is 0 Å². The Hall–Kier alpha value is -8.84.